The van der Waals surface area contributed by atoms with Crippen LogP contribution in [-0.4, -0.2) is 11.2 Å². The Balaban J connectivity index is 2.91. The zero-order chi connectivity index (χ0) is 9.68. The predicted molar refractivity (Wildman–Crippen MR) is 56.4 cm³/mol. The van der Waals surface area contributed by atoms with Gasteiger partial charge in [-0.25, -0.2) is 0 Å². The van der Waals surface area contributed by atoms with Gasteiger partial charge in [-0.05, 0) is 24.5 Å². The van der Waals surface area contributed by atoms with Crippen molar-refractivity contribution in [3.63, 3.8) is 0 Å². The first-order valence-electron chi connectivity index (χ1n) is 4.68. The molecular formula is C12H16O. The summed E-state index contributed by atoms with van der Waals surface area (Å²) in [6.45, 7) is 3.87. The Bertz CT molecular complexity index is 272. The molecule has 1 aromatic rings. The molecule has 70 valence electrons. The molecule has 1 aromatic carbocycles. The molecule has 0 saturated carbocycles. The average Bonchev–Trinajstić information content (AvgIpc) is 2.15. The highest BCUT2D eigenvalue weighted by Crippen LogP contribution is 2.17. The second-order valence-electron chi connectivity index (χ2n) is 3.15. The molecule has 0 aliphatic heterocycles. The zero-order valence-corrected chi connectivity index (χ0v) is 8.20. The average molecular weight is 176 g/mol. The lowest BCUT2D eigenvalue weighted by Crippen LogP contribution is -1.95. The Labute approximate surface area is 79.7 Å². The van der Waals surface area contributed by atoms with E-state index >= 15 is 0 Å². The maximum atomic E-state index is 9.24. The van der Waals surface area contributed by atoms with Gasteiger partial charge in [0.1, 0.15) is 0 Å². The highest BCUT2D eigenvalue weighted by molar-refractivity contribution is 5.65. The predicted octanol–water partition coefficient (Wildman–Crippen LogP) is 2.86. The maximum Gasteiger partial charge on any atom is 0.0698 e. The third-order valence-corrected chi connectivity index (χ3v) is 1.97. The Hall–Kier alpha value is -1.08. The Kier molecular flexibility index (Phi) is 3.71. The Morgan fingerprint density at radius 2 is 2.00 bits per heavy atom. The SMILES string of the molecule is CC/C(=C/C(C)O)c1ccccc1. The number of rotatable bonds is 3. The highest BCUT2D eigenvalue weighted by Gasteiger charge is 1.99. The summed E-state index contributed by atoms with van der Waals surface area (Å²) in [6.07, 6.45) is 2.49. The second kappa shape index (κ2) is 4.83. The minimum absolute atomic E-state index is 0.366. The lowest BCUT2D eigenvalue weighted by Gasteiger charge is -2.05. The first kappa shape index (κ1) is 10.0. The van der Waals surface area contributed by atoms with E-state index in [1.807, 2.05) is 24.3 Å². The van der Waals surface area contributed by atoms with Gasteiger partial charge in [0.2, 0.25) is 0 Å². The van der Waals surface area contributed by atoms with E-state index in [0.717, 1.165) is 6.42 Å². The first-order chi connectivity index (χ1) is 6.24. The molecule has 1 heteroatoms. The third kappa shape index (κ3) is 3.03. The molecule has 0 aromatic heterocycles. The minimum atomic E-state index is -0.366. The maximum absolute atomic E-state index is 9.24. The number of hydrogen-bond donors (Lipinski definition) is 1. The van der Waals surface area contributed by atoms with Crippen molar-refractivity contribution in [2.24, 2.45) is 0 Å². The van der Waals surface area contributed by atoms with E-state index in [4.69, 9.17) is 0 Å². The van der Waals surface area contributed by atoms with Gasteiger partial charge in [0, 0.05) is 0 Å². The molecule has 0 spiro atoms. The van der Waals surface area contributed by atoms with E-state index in [1.165, 1.54) is 11.1 Å². The number of hydrogen-bond acceptors (Lipinski definition) is 1. The molecule has 1 nitrogen and oxygen atoms in total. The fourth-order valence-electron chi connectivity index (χ4n) is 1.36. The number of aliphatic hydroxyl groups is 1. The van der Waals surface area contributed by atoms with E-state index < -0.39 is 0 Å². The molecule has 0 radical (unpaired) electrons. The lowest BCUT2D eigenvalue weighted by atomic mass is 10.0. The van der Waals surface area contributed by atoms with E-state index in [0.29, 0.717) is 0 Å². The van der Waals surface area contributed by atoms with Gasteiger partial charge in [0.05, 0.1) is 6.10 Å². The normalized spacial score (nSPS) is 14.2. The van der Waals surface area contributed by atoms with Gasteiger partial charge in [0.25, 0.3) is 0 Å². The van der Waals surface area contributed by atoms with Crippen molar-refractivity contribution in [3.05, 3.63) is 42.0 Å². The van der Waals surface area contributed by atoms with Gasteiger partial charge in [0.15, 0.2) is 0 Å². The van der Waals surface area contributed by atoms with Crippen LogP contribution in [0.4, 0.5) is 0 Å². The highest BCUT2D eigenvalue weighted by atomic mass is 16.3. The fraction of sp³-hybridized carbons (Fsp3) is 0.333. The molecule has 1 rings (SSSR count). The van der Waals surface area contributed by atoms with E-state index in [9.17, 15) is 5.11 Å². The van der Waals surface area contributed by atoms with Crippen molar-refractivity contribution in [2.45, 2.75) is 26.4 Å². The van der Waals surface area contributed by atoms with Gasteiger partial charge >= 0.3 is 0 Å². The van der Waals surface area contributed by atoms with Crippen LogP contribution in [0.25, 0.3) is 5.57 Å². The van der Waals surface area contributed by atoms with E-state index in [1.54, 1.807) is 6.92 Å². The van der Waals surface area contributed by atoms with E-state index in [-0.39, 0.29) is 6.10 Å². The van der Waals surface area contributed by atoms with Crippen molar-refractivity contribution in [3.8, 4) is 0 Å². The number of allylic oxidation sites excluding steroid dienone is 1. The molecule has 1 unspecified atom stereocenters. The van der Waals surface area contributed by atoms with Gasteiger partial charge in [-0.1, -0.05) is 43.3 Å². The molecule has 1 atom stereocenters. The fourth-order valence-corrected chi connectivity index (χ4v) is 1.36. The van der Waals surface area contributed by atoms with Crippen molar-refractivity contribution < 1.29 is 5.11 Å². The summed E-state index contributed by atoms with van der Waals surface area (Å²) in [5.41, 5.74) is 2.40. The number of benzene rings is 1. The first-order valence-corrected chi connectivity index (χ1v) is 4.68. The summed E-state index contributed by atoms with van der Waals surface area (Å²) in [6, 6.07) is 10.2. The van der Waals surface area contributed by atoms with Crippen LogP contribution < -0.4 is 0 Å². The molecule has 13 heavy (non-hydrogen) atoms. The number of aliphatic hydroxyl groups excluding tert-OH is 1. The van der Waals surface area contributed by atoms with Crippen LogP contribution in [0.1, 0.15) is 25.8 Å². The van der Waals surface area contributed by atoms with Crippen LogP contribution in [0.15, 0.2) is 36.4 Å². The van der Waals surface area contributed by atoms with Gasteiger partial charge in [-0.15, -0.1) is 0 Å². The summed E-state index contributed by atoms with van der Waals surface area (Å²) >= 11 is 0. The Morgan fingerprint density at radius 1 is 1.38 bits per heavy atom. The monoisotopic (exact) mass is 176 g/mol. The summed E-state index contributed by atoms with van der Waals surface area (Å²) in [7, 11) is 0. The van der Waals surface area contributed by atoms with Crippen LogP contribution in [0.2, 0.25) is 0 Å². The standard InChI is InChI=1S/C12H16O/c1-3-11(9-10(2)13)12-7-5-4-6-8-12/h4-10,13H,3H2,1-2H3/b11-9-. The summed E-state index contributed by atoms with van der Waals surface area (Å²) in [4.78, 5) is 0. The molecule has 0 saturated heterocycles. The summed E-state index contributed by atoms with van der Waals surface area (Å²) in [5.74, 6) is 0. The lowest BCUT2D eigenvalue weighted by molar-refractivity contribution is 0.244. The van der Waals surface area contributed by atoms with Crippen LogP contribution >= 0.6 is 0 Å². The van der Waals surface area contributed by atoms with Crippen molar-refractivity contribution in [1.82, 2.24) is 0 Å². The smallest absolute Gasteiger partial charge is 0.0698 e. The van der Waals surface area contributed by atoms with Crippen molar-refractivity contribution >= 4 is 5.57 Å². The van der Waals surface area contributed by atoms with Crippen LogP contribution in [0.5, 0.6) is 0 Å². The van der Waals surface area contributed by atoms with E-state index in [2.05, 4.69) is 19.1 Å². The van der Waals surface area contributed by atoms with Gasteiger partial charge in [-0.3, -0.25) is 0 Å². The Morgan fingerprint density at radius 3 is 2.46 bits per heavy atom. The van der Waals surface area contributed by atoms with Crippen LogP contribution in [-0.2, 0) is 0 Å². The summed E-state index contributed by atoms with van der Waals surface area (Å²) in [5, 5.41) is 9.24. The molecule has 1 N–H and O–H groups in total. The van der Waals surface area contributed by atoms with Crippen LogP contribution in [0.3, 0.4) is 0 Å². The summed E-state index contributed by atoms with van der Waals surface area (Å²) < 4.78 is 0. The molecular weight excluding hydrogens is 160 g/mol. The largest absolute Gasteiger partial charge is 0.389 e. The van der Waals surface area contributed by atoms with Crippen molar-refractivity contribution in [2.75, 3.05) is 0 Å². The quantitative estimate of drug-likeness (QED) is 0.750. The topological polar surface area (TPSA) is 20.2 Å². The molecule has 0 aliphatic rings. The third-order valence-electron chi connectivity index (χ3n) is 1.97. The molecule has 0 amide bonds. The molecule has 0 heterocycles. The molecule has 0 aliphatic carbocycles. The zero-order valence-electron chi connectivity index (χ0n) is 8.20. The minimum Gasteiger partial charge on any atom is -0.389 e. The second-order valence-corrected chi connectivity index (χ2v) is 3.15. The van der Waals surface area contributed by atoms with Gasteiger partial charge < -0.3 is 5.11 Å². The molecule has 0 bridgehead atoms. The van der Waals surface area contributed by atoms with Crippen molar-refractivity contribution in [1.29, 1.82) is 0 Å². The van der Waals surface area contributed by atoms with Gasteiger partial charge in [-0.2, -0.15) is 0 Å². The molecule has 0 fully saturated rings. The van der Waals surface area contributed by atoms with Crippen LogP contribution in [0, 0.1) is 0 Å².